The van der Waals surface area contributed by atoms with Crippen molar-refractivity contribution in [2.75, 3.05) is 13.2 Å². The number of hydroxylamine groups is 1. The minimum absolute atomic E-state index is 0.0354. The number of hydrogen-bond acceptors (Lipinski definition) is 9. The van der Waals surface area contributed by atoms with Crippen molar-refractivity contribution in [2.24, 2.45) is 15.6 Å². The van der Waals surface area contributed by atoms with E-state index in [9.17, 15) is 4.79 Å². The van der Waals surface area contributed by atoms with Crippen molar-refractivity contribution in [1.82, 2.24) is 5.48 Å². The van der Waals surface area contributed by atoms with Crippen LogP contribution in [-0.2, 0) is 30.3 Å². The number of benzene rings is 2. The molecule has 0 bridgehead atoms. The molecule has 0 fully saturated rings. The number of rotatable bonds is 11. The van der Waals surface area contributed by atoms with Crippen LogP contribution in [0.25, 0.3) is 0 Å². The van der Waals surface area contributed by atoms with Crippen molar-refractivity contribution < 1.29 is 33.6 Å². The number of carbonyl (C=O) groups excluding carboxylic acids is 1. The quantitative estimate of drug-likeness (QED) is 0.0673. The van der Waals surface area contributed by atoms with E-state index >= 15 is 0 Å². The Bertz CT molecular complexity index is 1160. The smallest absolute Gasteiger partial charge is 0.322 e. The normalized spacial score (nSPS) is 12.1. The molecule has 0 amide bonds. The first-order valence-electron chi connectivity index (χ1n) is 13.6. The molecule has 240 valence electrons. The lowest BCUT2D eigenvalue weighted by molar-refractivity contribution is -0.155. The maximum atomic E-state index is 11.8. The number of esters is 1. The van der Waals surface area contributed by atoms with Crippen molar-refractivity contribution in [3.05, 3.63) is 58.6 Å². The van der Waals surface area contributed by atoms with Crippen molar-refractivity contribution >= 4 is 50.1 Å². The Kier molecular flexibility index (Phi) is 18.6. The van der Waals surface area contributed by atoms with Gasteiger partial charge in [0.25, 0.3) is 12.4 Å². The highest BCUT2D eigenvalue weighted by molar-refractivity contribution is 7.60. The molecule has 0 aliphatic rings. The topological polar surface area (TPSA) is 128 Å². The number of halogens is 1. The van der Waals surface area contributed by atoms with Crippen molar-refractivity contribution in [3.63, 3.8) is 0 Å². The Morgan fingerprint density at radius 2 is 1.65 bits per heavy atom. The first-order valence-corrected chi connectivity index (χ1v) is 15.6. The van der Waals surface area contributed by atoms with E-state index in [4.69, 9.17) is 40.4 Å². The van der Waals surface area contributed by atoms with Crippen LogP contribution in [0, 0.1) is 5.41 Å². The van der Waals surface area contributed by atoms with E-state index in [1.165, 1.54) is 0 Å². The van der Waals surface area contributed by atoms with Crippen molar-refractivity contribution in [3.8, 4) is 5.75 Å². The van der Waals surface area contributed by atoms with E-state index in [1.54, 1.807) is 0 Å². The molecule has 0 aliphatic heterocycles. The summed E-state index contributed by atoms with van der Waals surface area (Å²) in [5, 5.41) is 11.9. The molecule has 10 nitrogen and oxygen atoms in total. The first kappa shape index (κ1) is 40.0. The molecule has 2 N–H and O–H groups in total. The van der Waals surface area contributed by atoms with Crippen LogP contribution in [0.3, 0.4) is 0 Å². The largest absolute Gasteiger partial charge is 0.489 e. The summed E-state index contributed by atoms with van der Waals surface area (Å²) in [7, 11) is -0.998. The van der Waals surface area contributed by atoms with Gasteiger partial charge < -0.3 is 19.4 Å². The Morgan fingerprint density at radius 1 is 1.09 bits per heavy atom. The number of aliphatic imine (C=N–C) groups is 1. The highest BCUT2D eigenvalue weighted by Crippen LogP contribution is 2.29. The van der Waals surface area contributed by atoms with Gasteiger partial charge in [0.15, 0.2) is 0 Å². The van der Waals surface area contributed by atoms with Crippen molar-refractivity contribution in [1.29, 1.82) is 0 Å². The van der Waals surface area contributed by atoms with Crippen LogP contribution in [0.1, 0.15) is 73.4 Å². The molecule has 0 saturated carbocycles. The zero-order valence-electron chi connectivity index (χ0n) is 26.9. The molecule has 1 unspecified atom stereocenters. The van der Waals surface area contributed by atoms with Gasteiger partial charge in [-0.05, 0) is 76.5 Å². The summed E-state index contributed by atoms with van der Waals surface area (Å²) in [4.78, 5) is 30.0. The number of oxime groups is 1. The van der Waals surface area contributed by atoms with E-state index < -0.39 is 13.7 Å². The monoisotopic (exact) mass is 639 g/mol. The van der Waals surface area contributed by atoms with Crippen molar-refractivity contribution in [2.45, 2.75) is 80.6 Å². The number of carbonyl (C=O) groups is 2. The lowest BCUT2D eigenvalue weighted by Gasteiger charge is -2.20. The number of nitrogens with one attached hydrogen (secondary N) is 1. The molecule has 0 heterocycles. The van der Waals surface area contributed by atoms with Gasteiger partial charge in [-0.25, -0.2) is 4.99 Å². The standard InChI is InChI=1S/C25H33ClN3O5P.C5H12.CH2O2/c1-17(2)31-22-13-8-18(14-21(22)26)15-28-24(33-27-6)19-9-11-20(12-10-19)35(7)34-29-16-23(30)32-25(3,4)5;1-5(2,3)4;2-1-3/h8-14,17,29H,6,15-16H2,1-5,7H3;1-4H3;1H,(H,2,3). The van der Waals surface area contributed by atoms with Crippen LogP contribution in [0.2, 0.25) is 5.02 Å². The SMILES string of the molecule is C=NOC(=NCc1ccc(OC(C)C)c(Cl)c1)c1ccc(P(C)ONCC(=O)OC(C)(C)C)cc1.CC(C)(C)C.O=CO. The van der Waals surface area contributed by atoms with Gasteiger partial charge in [0.05, 0.1) is 25.8 Å². The summed E-state index contributed by atoms with van der Waals surface area (Å²) >= 11 is 6.32. The van der Waals surface area contributed by atoms with E-state index in [0.717, 1.165) is 16.4 Å². The second-order valence-corrected chi connectivity index (χ2v) is 14.0. The van der Waals surface area contributed by atoms with E-state index in [2.05, 4.69) is 50.0 Å². The molecule has 43 heavy (non-hydrogen) atoms. The maximum Gasteiger partial charge on any atom is 0.322 e. The Labute approximate surface area is 262 Å². The van der Waals surface area contributed by atoms with Gasteiger partial charge in [0, 0.05) is 17.6 Å². The first-order chi connectivity index (χ1) is 19.9. The summed E-state index contributed by atoms with van der Waals surface area (Å²) in [5.41, 5.74) is 4.28. The lowest BCUT2D eigenvalue weighted by Crippen LogP contribution is -2.31. The lowest BCUT2D eigenvalue weighted by atomic mass is 10.0. The van der Waals surface area contributed by atoms with Crippen LogP contribution >= 0.6 is 19.7 Å². The fourth-order valence-electron chi connectivity index (χ4n) is 2.82. The fourth-order valence-corrected chi connectivity index (χ4v) is 4.00. The average Bonchev–Trinajstić information content (AvgIpc) is 2.86. The summed E-state index contributed by atoms with van der Waals surface area (Å²) in [6, 6.07) is 13.1. The summed E-state index contributed by atoms with van der Waals surface area (Å²) in [5.74, 6) is 0.581. The predicted octanol–water partition coefficient (Wildman–Crippen LogP) is 6.97. The van der Waals surface area contributed by atoms with Gasteiger partial charge in [-0.2, -0.15) is 5.48 Å². The molecule has 0 radical (unpaired) electrons. The van der Waals surface area contributed by atoms with Crippen LogP contribution in [0.4, 0.5) is 0 Å². The van der Waals surface area contributed by atoms with Gasteiger partial charge in [-0.3, -0.25) is 14.2 Å². The van der Waals surface area contributed by atoms with Crippen LogP contribution in [0.5, 0.6) is 5.75 Å². The predicted molar refractivity (Wildman–Crippen MR) is 176 cm³/mol. The van der Waals surface area contributed by atoms with E-state index in [0.29, 0.717) is 28.6 Å². The molecular formula is C31H47ClN3O7P. The highest BCUT2D eigenvalue weighted by atomic mass is 35.5. The molecule has 0 aromatic heterocycles. The molecule has 0 spiro atoms. The minimum atomic E-state index is -0.998. The third-order valence-electron chi connectivity index (χ3n) is 4.23. The van der Waals surface area contributed by atoms with E-state index in [1.807, 2.05) is 83.7 Å². The number of hydrogen-bond donors (Lipinski definition) is 2. The molecule has 0 aliphatic carbocycles. The Hall–Kier alpha value is -3.04. The molecule has 12 heteroatoms. The van der Waals surface area contributed by atoms with Gasteiger partial charge in [-0.15, -0.1) is 0 Å². The maximum absolute atomic E-state index is 11.8. The van der Waals surface area contributed by atoms with Gasteiger partial charge in [-0.1, -0.05) is 62.7 Å². The third kappa shape index (κ3) is 20.5. The summed E-state index contributed by atoms with van der Waals surface area (Å²) in [6.07, 6.45) is 0.0355. The van der Waals surface area contributed by atoms with Gasteiger partial charge in [0.2, 0.25) is 0 Å². The zero-order valence-corrected chi connectivity index (χ0v) is 28.6. The third-order valence-corrected chi connectivity index (χ3v) is 5.95. The fraction of sp³-hybridized carbons (Fsp3) is 0.484. The molecule has 2 aromatic rings. The molecule has 2 rings (SSSR count). The van der Waals surface area contributed by atoms with Crippen LogP contribution in [-0.4, -0.2) is 55.1 Å². The number of nitrogens with zero attached hydrogens (tertiary/aromatic N) is 2. The van der Waals surface area contributed by atoms with Gasteiger partial charge >= 0.3 is 5.97 Å². The molecule has 0 saturated heterocycles. The Balaban J connectivity index is 0.00000196. The summed E-state index contributed by atoms with van der Waals surface area (Å²) in [6.45, 7) is 23.5. The van der Waals surface area contributed by atoms with E-state index in [-0.39, 0.29) is 25.1 Å². The number of ether oxygens (including phenoxy) is 2. The second-order valence-electron chi connectivity index (χ2n) is 11.9. The molecule has 1 atom stereocenters. The Morgan fingerprint density at radius 3 is 2.12 bits per heavy atom. The molecule has 2 aromatic carbocycles. The number of carboxylic acid groups (broad SMARTS) is 1. The van der Waals surface area contributed by atoms with Gasteiger partial charge in [0.1, 0.15) is 17.9 Å². The molecular weight excluding hydrogens is 593 g/mol. The zero-order chi connectivity index (χ0) is 33.2. The average molecular weight is 640 g/mol. The summed E-state index contributed by atoms with van der Waals surface area (Å²) < 4.78 is 16.5. The van der Waals surface area contributed by atoms with Crippen LogP contribution in [0.15, 0.2) is 52.6 Å². The minimum Gasteiger partial charge on any atom is -0.489 e. The highest BCUT2D eigenvalue weighted by Gasteiger charge is 2.17. The van der Waals surface area contributed by atoms with Crippen LogP contribution < -0.4 is 15.5 Å². The second kappa shape index (κ2) is 20.0.